The maximum absolute atomic E-state index is 11.5. The van der Waals surface area contributed by atoms with Gasteiger partial charge in [0.2, 0.25) is 0 Å². The van der Waals surface area contributed by atoms with Crippen LogP contribution in [-0.2, 0) is 9.53 Å². The van der Waals surface area contributed by atoms with Gasteiger partial charge in [0.15, 0.2) is 0 Å². The van der Waals surface area contributed by atoms with Gasteiger partial charge in [0.25, 0.3) is 0 Å². The van der Waals surface area contributed by atoms with Crippen LogP contribution >= 0.6 is 0 Å². The van der Waals surface area contributed by atoms with Gasteiger partial charge in [-0.15, -0.1) is 0 Å². The molecular weight excluding hydrogens is 324 g/mol. The van der Waals surface area contributed by atoms with E-state index in [0.29, 0.717) is 24.4 Å². The summed E-state index contributed by atoms with van der Waals surface area (Å²) in [6.07, 6.45) is 14.1. The van der Waals surface area contributed by atoms with Gasteiger partial charge < -0.3 is 9.84 Å². The van der Waals surface area contributed by atoms with Crippen LogP contribution in [0.25, 0.3) is 0 Å². The van der Waals surface area contributed by atoms with Gasteiger partial charge in [-0.1, -0.05) is 25.5 Å². The number of hydrogen-bond donors (Lipinski definition) is 1. The van der Waals surface area contributed by atoms with E-state index in [4.69, 9.17) is 4.74 Å². The average Bonchev–Trinajstić information content (AvgIpc) is 2.85. The van der Waals surface area contributed by atoms with Crippen molar-refractivity contribution in [2.45, 2.75) is 90.6 Å². The van der Waals surface area contributed by atoms with Crippen LogP contribution in [0.15, 0.2) is 11.6 Å². The van der Waals surface area contributed by atoms with E-state index in [9.17, 15) is 9.90 Å². The van der Waals surface area contributed by atoms with Crippen LogP contribution in [0.5, 0.6) is 0 Å². The molecule has 0 radical (unpaired) electrons. The fraction of sp³-hybridized carbons (Fsp3) is 0.870. The van der Waals surface area contributed by atoms with Crippen LogP contribution < -0.4 is 0 Å². The molecule has 0 aromatic rings. The number of carbonyl (C=O) groups excluding carboxylic acids is 1. The molecule has 0 aliphatic heterocycles. The van der Waals surface area contributed by atoms with Gasteiger partial charge in [-0.3, -0.25) is 4.79 Å². The summed E-state index contributed by atoms with van der Waals surface area (Å²) < 4.78 is 5.18. The van der Waals surface area contributed by atoms with E-state index in [2.05, 4.69) is 19.9 Å². The van der Waals surface area contributed by atoms with Gasteiger partial charge >= 0.3 is 5.97 Å². The van der Waals surface area contributed by atoms with Crippen molar-refractivity contribution in [2.75, 3.05) is 6.61 Å². The Balaban J connectivity index is 1.55. The molecule has 6 atom stereocenters. The predicted octanol–water partition coefficient (Wildman–Crippen LogP) is 5.02. The number of allylic oxidation sites excluding steroid dienone is 2. The summed E-state index contributed by atoms with van der Waals surface area (Å²) in [6.45, 7) is 6.68. The highest BCUT2D eigenvalue weighted by Crippen LogP contribution is 2.68. The molecule has 0 spiro atoms. The molecule has 26 heavy (non-hydrogen) atoms. The summed E-state index contributed by atoms with van der Waals surface area (Å²) >= 11 is 0. The fourth-order valence-corrected chi connectivity index (χ4v) is 7.64. The summed E-state index contributed by atoms with van der Waals surface area (Å²) in [5.41, 5.74) is 1.49. The molecule has 0 unspecified atom stereocenters. The first-order chi connectivity index (χ1) is 12.3. The quantitative estimate of drug-likeness (QED) is 0.567. The highest BCUT2D eigenvalue weighted by Gasteiger charge is 2.63. The van der Waals surface area contributed by atoms with Crippen LogP contribution in [-0.4, -0.2) is 23.3 Å². The molecule has 1 N–H and O–H groups in total. The third kappa shape index (κ3) is 2.60. The zero-order valence-electron chi connectivity index (χ0n) is 16.9. The Labute approximate surface area is 158 Å². The molecule has 0 heterocycles. The van der Waals surface area contributed by atoms with Crippen molar-refractivity contribution in [3.8, 4) is 0 Å². The molecule has 0 aromatic heterocycles. The average molecular weight is 361 g/mol. The number of esters is 1. The molecule has 0 bridgehead atoms. The van der Waals surface area contributed by atoms with Crippen molar-refractivity contribution in [2.24, 2.45) is 28.6 Å². The molecule has 0 amide bonds. The summed E-state index contributed by atoms with van der Waals surface area (Å²) in [4.78, 5) is 11.1. The molecule has 146 valence electrons. The molecule has 3 heteroatoms. The van der Waals surface area contributed by atoms with E-state index in [1.165, 1.54) is 45.4 Å². The number of ether oxygens (including phenoxy) is 1. The van der Waals surface area contributed by atoms with Gasteiger partial charge in [-0.2, -0.15) is 0 Å². The van der Waals surface area contributed by atoms with E-state index in [-0.39, 0.29) is 11.4 Å². The van der Waals surface area contributed by atoms with Gasteiger partial charge in [0.1, 0.15) is 0 Å². The summed E-state index contributed by atoms with van der Waals surface area (Å²) in [6, 6.07) is 0. The number of hydrogen-bond acceptors (Lipinski definition) is 3. The number of carbonyl (C=O) groups is 1. The lowest BCUT2D eigenvalue weighted by Crippen LogP contribution is -2.54. The Morgan fingerprint density at radius 3 is 2.73 bits per heavy atom. The zero-order chi connectivity index (χ0) is 18.6. The molecule has 4 aliphatic carbocycles. The normalized spacial score (nSPS) is 47.4. The molecule has 3 fully saturated rings. The van der Waals surface area contributed by atoms with Crippen LogP contribution in [0.1, 0.15) is 85.0 Å². The van der Waals surface area contributed by atoms with Crippen molar-refractivity contribution in [1.82, 2.24) is 0 Å². The SMILES string of the molecule is CC(=O)OCC[C@@]1(O)CC[C@H]2[C@@H]3CCC4=CCCC[C@]4(C)[C@H]3CC[C@@]21C. The lowest BCUT2D eigenvalue weighted by atomic mass is 9.46. The maximum atomic E-state index is 11.5. The van der Waals surface area contributed by atoms with Crippen molar-refractivity contribution in [1.29, 1.82) is 0 Å². The third-order valence-corrected chi connectivity index (χ3v) is 9.17. The largest absolute Gasteiger partial charge is 0.466 e. The van der Waals surface area contributed by atoms with Crippen molar-refractivity contribution in [3.63, 3.8) is 0 Å². The molecular formula is C23H36O3. The maximum Gasteiger partial charge on any atom is 0.302 e. The van der Waals surface area contributed by atoms with E-state index < -0.39 is 5.60 Å². The van der Waals surface area contributed by atoms with Crippen molar-refractivity contribution in [3.05, 3.63) is 11.6 Å². The van der Waals surface area contributed by atoms with Crippen LogP contribution in [0.3, 0.4) is 0 Å². The van der Waals surface area contributed by atoms with Crippen LogP contribution in [0, 0.1) is 28.6 Å². The highest BCUT2D eigenvalue weighted by atomic mass is 16.5. The standard InChI is InChI=1S/C23H36O3/c1-16(24)26-15-14-23(25)13-10-20-18-8-7-17-6-4-5-11-21(17,2)19(18)9-12-22(20,23)3/h6,18-20,25H,4-5,7-15H2,1-3H3/t18-,19+,20+,21+,22+,23+/m1/s1. The summed E-state index contributed by atoms with van der Waals surface area (Å²) in [5.74, 6) is 1.95. The van der Waals surface area contributed by atoms with Gasteiger partial charge in [-0.05, 0) is 86.4 Å². The minimum Gasteiger partial charge on any atom is -0.466 e. The first-order valence-electron chi connectivity index (χ1n) is 10.9. The Morgan fingerprint density at radius 1 is 1.19 bits per heavy atom. The molecule has 0 saturated heterocycles. The Hall–Kier alpha value is -0.830. The van der Waals surface area contributed by atoms with Gasteiger partial charge in [0.05, 0.1) is 12.2 Å². The van der Waals surface area contributed by atoms with Crippen LogP contribution in [0.4, 0.5) is 0 Å². The zero-order valence-corrected chi connectivity index (χ0v) is 16.9. The van der Waals surface area contributed by atoms with E-state index >= 15 is 0 Å². The predicted molar refractivity (Wildman–Crippen MR) is 103 cm³/mol. The fourth-order valence-electron chi connectivity index (χ4n) is 7.64. The van der Waals surface area contributed by atoms with Crippen molar-refractivity contribution < 1.29 is 14.6 Å². The highest BCUT2D eigenvalue weighted by molar-refractivity contribution is 5.65. The first kappa shape index (κ1) is 18.5. The smallest absolute Gasteiger partial charge is 0.302 e. The topological polar surface area (TPSA) is 46.5 Å². The van der Waals surface area contributed by atoms with Gasteiger partial charge in [-0.25, -0.2) is 0 Å². The van der Waals surface area contributed by atoms with E-state index in [0.717, 1.165) is 31.1 Å². The molecule has 3 saturated carbocycles. The monoisotopic (exact) mass is 360 g/mol. The second-order valence-corrected chi connectivity index (χ2v) is 10.1. The van der Waals surface area contributed by atoms with E-state index in [1.807, 2.05) is 0 Å². The minimum atomic E-state index is -0.665. The lowest BCUT2D eigenvalue weighted by molar-refractivity contribution is -0.151. The number of rotatable bonds is 3. The minimum absolute atomic E-state index is 0.0133. The van der Waals surface area contributed by atoms with Crippen LogP contribution in [0.2, 0.25) is 0 Å². The summed E-state index contributed by atoms with van der Waals surface area (Å²) in [5, 5.41) is 11.5. The molecule has 4 rings (SSSR count). The second kappa shape index (κ2) is 6.36. The van der Waals surface area contributed by atoms with Gasteiger partial charge in [0, 0.05) is 13.3 Å². The molecule has 0 aromatic carbocycles. The van der Waals surface area contributed by atoms with Crippen molar-refractivity contribution >= 4 is 5.97 Å². The summed E-state index contributed by atoms with van der Waals surface area (Å²) in [7, 11) is 0. The van der Waals surface area contributed by atoms with E-state index in [1.54, 1.807) is 5.57 Å². The second-order valence-electron chi connectivity index (χ2n) is 10.1. The Bertz CT molecular complexity index is 611. The Morgan fingerprint density at radius 2 is 1.96 bits per heavy atom. The Kier molecular flexibility index (Phi) is 4.53. The lowest BCUT2D eigenvalue weighted by Gasteiger charge is -2.59. The molecule has 3 nitrogen and oxygen atoms in total. The molecule has 4 aliphatic rings. The third-order valence-electron chi connectivity index (χ3n) is 9.17. The number of aliphatic hydroxyl groups is 1. The first-order valence-corrected chi connectivity index (χ1v) is 10.9. The number of fused-ring (bicyclic) bond motifs is 5.